The van der Waals surface area contributed by atoms with Gasteiger partial charge in [0.2, 0.25) is 17.7 Å². The zero-order valence-corrected chi connectivity index (χ0v) is 46.7. The van der Waals surface area contributed by atoms with Crippen molar-refractivity contribution in [2.75, 3.05) is 0 Å². The maximum Gasteiger partial charge on any atom is 0.278 e. The number of hydrogen-bond acceptors (Lipinski definition) is 9. The first-order valence-corrected chi connectivity index (χ1v) is 28.7. The van der Waals surface area contributed by atoms with Crippen molar-refractivity contribution in [3.63, 3.8) is 0 Å². The quantitative estimate of drug-likeness (QED) is 0.110. The minimum absolute atomic E-state index is 0.120. The van der Waals surface area contributed by atoms with Crippen LogP contribution in [0.25, 0.3) is 54.3 Å². The van der Waals surface area contributed by atoms with E-state index in [2.05, 4.69) is 25.5 Å². The molecule has 0 bridgehead atoms. The highest BCUT2D eigenvalue weighted by molar-refractivity contribution is 5.95. The number of hydrogen-bond donors (Lipinski definition) is 0. The molecule has 0 saturated heterocycles. The summed E-state index contributed by atoms with van der Waals surface area (Å²) < 4.78 is 7.56. The molecule has 14 nitrogen and oxygen atoms in total. The fraction of sp³-hybridized carbons (Fsp3) is 0.186. The maximum absolute atomic E-state index is 12.6. The maximum atomic E-state index is 12.6. The molecule has 0 spiro atoms. The molecule has 3 saturated carbocycles. The topological polar surface area (TPSA) is 157 Å². The predicted octanol–water partition coefficient (Wildman–Crippen LogP) is 14.8. The second-order valence-corrected chi connectivity index (χ2v) is 20.8. The third kappa shape index (κ3) is 16.5. The van der Waals surface area contributed by atoms with E-state index in [1.165, 1.54) is 44.4 Å². The molecule has 0 unspecified atom stereocenters. The van der Waals surface area contributed by atoms with Crippen LogP contribution in [0, 0.1) is 17.8 Å². The molecule has 0 amide bonds. The lowest BCUT2D eigenvalue weighted by Crippen LogP contribution is -2.27. The predicted molar refractivity (Wildman–Crippen MR) is 332 cm³/mol. The molecule has 3 fully saturated rings. The summed E-state index contributed by atoms with van der Waals surface area (Å²) in [6, 6.07) is 56.7. The second kappa shape index (κ2) is 29.0. The van der Waals surface area contributed by atoms with E-state index in [-0.39, 0.29) is 41.4 Å². The molecule has 0 N–H and O–H groups in total. The van der Waals surface area contributed by atoms with Gasteiger partial charge >= 0.3 is 0 Å². The molecule has 5 heterocycles. The number of rotatable bonds is 13. The van der Waals surface area contributed by atoms with Crippen LogP contribution in [0.15, 0.2) is 213 Å². The van der Waals surface area contributed by atoms with E-state index in [1.54, 1.807) is 47.8 Å². The normalized spacial score (nSPS) is 14.3. The van der Waals surface area contributed by atoms with Crippen LogP contribution in [-0.4, -0.2) is 72.5 Å². The Balaban J connectivity index is 0.000000126. The fourth-order valence-electron chi connectivity index (χ4n) is 9.38. The number of nitrogens with zero attached hydrogens (tertiary/aromatic N) is 10. The van der Waals surface area contributed by atoms with Crippen LogP contribution in [0.4, 0.5) is 0 Å². The molecule has 5 aromatic heterocycles. The van der Waals surface area contributed by atoms with Crippen molar-refractivity contribution in [2.24, 2.45) is 17.8 Å². The highest BCUT2D eigenvalue weighted by atomic mass is 16.2. The van der Waals surface area contributed by atoms with E-state index in [0.717, 1.165) is 89.2 Å². The Kier molecular flexibility index (Phi) is 19.7. The monoisotopic (exact) mass is 1110 g/mol. The highest BCUT2D eigenvalue weighted by Gasteiger charge is 2.31. The molecule has 0 radical (unpaired) electrons. The van der Waals surface area contributed by atoms with E-state index in [9.17, 15) is 19.2 Å². The van der Waals surface area contributed by atoms with Gasteiger partial charge in [0.25, 0.3) is 5.91 Å². The van der Waals surface area contributed by atoms with Crippen LogP contribution in [0.3, 0.4) is 0 Å². The molecule has 13 rings (SSSR count). The van der Waals surface area contributed by atoms with E-state index >= 15 is 0 Å². The average Bonchev–Trinajstić information content (AvgIpc) is 4.37. The second-order valence-electron chi connectivity index (χ2n) is 20.8. The molecule has 14 heteroatoms. The number of carbonyl (C=O) groups is 4. The van der Waals surface area contributed by atoms with E-state index in [0.29, 0.717) is 5.56 Å². The van der Waals surface area contributed by atoms with Crippen molar-refractivity contribution >= 4 is 72.2 Å². The van der Waals surface area contributed by atoms with Gasteiger partial charge in [0, 0.05) is 60.5 Å². The fourth-order valence-corrected chi connectivity index (χ4v) is 9.38. The summed E-state index contributed by atoms with van der Waals surface area (Å²) in [6.45, 7) is 0. The first-order chi connectivity index (χ1) is 41.3. The molecule has 3 aliphatic rings. The molecule has 84 heavy (non-hydrogen) atoms. The zero-order valence-electron chi connectivity index (χ0n) is 46.7. The third-order valence-corrected chi connectivity index (χ3v) is 14.5. The molecule has 5 aromatic carbocycles. The van der Waals surface area contributed by atoms with Gasteiger partial charge in [0.05, 0.1) is 28.5 Å². The summed E-state index contributed by atoms with van der Waals surface area (Å²) in [5.41, 5.74) is 9.13. The van der Waals surface area contributed by atoms with Gasteiger partial charge in [0.1, 0.15) is 0 Å². The lowest BCUT2D eigenvalue weighted by molar-refractivity contribution is 0.0745. The van der Waals surface area contributed by atoms with Crippen molar-refractivity contribution in [1.82, 2.24) is 48.9 Å². The van der Waals surface area contributed by atoms with Gasteiger partial charge in [-0.2, -0.15) is 25.5 Å². The SMILES string of the molecule is O=C(C1CC1)n1ccc(/C=C/c2ccccc2)n1.O=C(C1CCC1)n1ccc(/C=C/c2ccccc2)n1.O=C(C1CCCCC1)n1ccc(/C=C/c2ccccc2)n1.O=C(c1ccc(-n2cccn2)cc1)n1ccc(/C=C/c2ccccc2)n1. The Morgan fingerprint density at radius 1 is 0.333 bits per heavy atom. The lowest BCUT2D eigenvalue weighted by Gasteiger charge is -2.22. The van der Waals surface area contributed by atoms with Gasteiger partial charge in [-0.25, -0.2) is 23.4 Å². The van der Waals surface area contributed by atoms with Crippen molar-refractivity contribution in [1.29, 1.82) is 0 Å². The van der Waals surface area contributed by atoms with Gasteiger partial charge in [-0.3, -0.25) is 19.2 Å². The van der Waals surface area contributed by atoms with E-state index in [1.807, 2.05) is 219 Å². The summed E-state index contributed by atoms with van der Waals surface area (Å²) in [5, 5.41) is 21.5. The molecular weight excluding hydrogens is 1040 g/mol. The Hall–Kier alpha value is -10.2. The van der Waals surface area contributed by atoms with Crippen LogP contribution in [0.5, 0.6) is 0 Å². The summed E-state index contributed by atoms with van der Waals surface area (Å²) >= 11 is 0. The molecule has 420 valence electrons. The summed E-state index contributed by atoms with van der Waals surface area (Å²) in [7, 11) is 0. The van der Waals surface area contributed by atoms with Crippen molar-refractivity contribution in [3.8, 4) is 5.69 Å². The minimum Gasteiger partial charge on any atom is -0.272 e. The van der Waals surface area contributed by atoms with Crippen molar-refractivity contribution in [3.05, 3.63) is 264 Å². The van der Waals surface area contributed by atoms with Crippen LogP contribution < -0.4 is 0 Å². The third-order valence-electron chi connectivity index (χ3n) is 14.5. The summed E-state index contributed by atoms with van der Waals surface area (Å²) in [4.78, 5) is 48.7. The highest BCUT2D eigenvalue weighted by Crippen LogP contribution is 2.31. The smallest absolute Gasteiger partial charge is 0.272 e. The first-order valence-electron chi connectivity index (χ1n) is 28.7. The largest absolute Gasteiger partial charge is 0.278 e. The standard InChI is InChI=1S/C21H16N4O.C18H20N2O.C16H16N2O.C15H14N2O/c26-21(18-8-11-20(12-9-18)24-15-4-14-22-24)25-16-13-19(23-25)10-7-17-5-2-1-3-6-17;21-18(16-9-5-2-6-10-16)20-14-13-17(19-20)12-11-15-7-3-1-4-8-15;19-16(14-7-4-8-14)18-12-11-15(17-18)10-9-13-5-2-1-3-6-13;18-15(13-7-8-13)17-11-10-14(16-17)9-6-12-4-2-1-3-5-12/h1-16H;1,3-4,7-8,11-14,16H,2,5-6,9-10H2;1-3,5-6,9-12,14H,4,7-8H2;1-6,9-11,13H,7-8H2/b10-7+;12-11+;10-9+;9-6+. The van der Waals surface area contributed by atoms with Crippen LogP contribution in [0.1, 0.15) is 134 Å². The Bertz CT molecular complexity index is 3820. The molecule has 0 atom stereocenters. The minimum atomic E-state index is -0.170. The summed E-state index contributed by atoms with van der Waals surface area (Å²) in [6.07, 6.45) is 37.0. The van der Waals surface area contributed by atoms with Crippen molar-refractivity contribution in [2.45, 2.75) is 64.2 Å². The van der Waals surface area contributed by atoms with Gasteiger partial charge in [-0.15, -0.1) is 0 Å². The summed E-state index contributed by atoms with van der Waals surface area (Å²) in [5.74, 6) is 0.775. The van der Waals surface area contributed by atoms with Gasteiger partial charge < -0.3 is 0 Å². The van der Waals surface area contributed by atoms with Crippen molar-refractivity contribution < 1.29 is 19.2 Å². The van der Waals surface area contributed by atoms with Gasteiger partial charge in [-0.05, 0) is 140 Å². The zero-order chi connectivity index (χ0) is 57.7. The Labute approximate surface area is 489 Å². The van der Waals surface area contributed by atoms with Gasteiger partial charge in [-0.1, -0.05) is 171 Å². The van der Waals surface area contributed by atoms with E-state index in [4.69, 9.17) is 0 Å². The Morgan fingerprint density at radius 2 is 0.679 bits per heavy atom. The van der Waals surface area contributed by atoms with Crippen LogP contribution in [-0.2, 0) is 0 Å². The number of aromatic nitrogens is 10. The average molecular weight is 1110 g/mol. The van der Waals surface area contributed by atoms with Crippen LogP contribution >= 0.6 is 0 Å². The first kappa shape index (κ1) is 57.0. The van der Waals surface area contributed by atoms with Crippen LogP contribution in [0.2, 0.25) is 0 Å². The molecule has 10 aromatic rings. The lowest BCUT2D eigenvalue weighted by atomic mass is 9.85. The Morgan fingerprint density at radius 3 is 1.01 bits per heavy atom. The molecule has 0 aliphatic heterocycles. The molecular formula is C70H66N10O4. The molecule has 3 aliphatic carbocycles. The van der Waals surface area contributed by atoms with E-state index < -0.39 is 0 Å². The number of carbonyl (C=O) groups excluding carboxylic acids is 4. The number of benzene rings is 5. The van der Waals surface area contributed by atoms with Gasteiger partial charge in [0.15, 0.2) is 0 Å².